The number of carboxylic acid groups (broad SMARTS) is 2. The number of benzene rings is 1. The van der Waals surface area contributed by atoms with Crippen LogP contribution in [0.3, 0.4) is 0 Å². The highest BCUT2D eigenvalue weighted by molar-refractivity contribution is 5.86. The molecule has 4 amide bonds. The van der Waals surface area contributed by atoms with Crippen LogP contribution in [0.1, 0.15) is 66.9 Å². The number of ether oxygens (including phenoxy) is 2. The Morgan fingerprint density at radius 2 is 1.14 bits per heavy atom. The molecule has 14 heteroatoms. The monoisotopic (exact) mass is 596 g/mol. The SMILES string of the molecule is CC(C)(C)OC(=O)N[C@@H](Cc1ccccc1)C(=O)NCCC(=O)O.C[C@H](NC(=O)OC(C)(C)C)C(=O)NCCC(=O)O. The van der Waals surface area contributed by atoms with E-state index in [0.717, 1.165) is 5.56 Å². The maximum Gasteiger partial charge on any atom is 0.408 e. The first-order chi connectivity index (χ1) is 19.3. The molecule has 236 valence electrons. The lowest BCUT2D eigenvalue weighted by molar-refractivity contribution is -0.138. The predicted molar refractivity (Wildman–Crippen MR) is 153 cm³/mol. The fraction of sp³-hybridized carbons (Fsp3) is 0.571. The first-order valence-electron chi connectivity index (χ1n) is 13.3. The first-order valence-corrected chi connectivity index (χ1v) is 13.3. The Kier molecular flexibility index (Phi) is 16.3. The Hall–Kier alpha value is -4.36. The number of nitrogens with one attached hydrogen (secondary N) is 4. The van der Waals surface area contributed by atoms with E-state index >= 15 is 0 Å². The molecule has 1 aromatic carbocycles. The minimum Gasteiger partial charge on any atom is -0.481 e. The van der Waals surface area contributed by atoms with E-state index in [1.165, 1.54) is 6.92 Å². The molecule has 14 nitrogen and oxygen atoms in total. The average Bonchev–Trinajstić information content (AvgIpc) is 2.81. The van der Waals surface area contributed by atoms with Crippen molar-refractivity contribution in [2.75, 3.05) is 13.1 Å². The number of carbonyl (C=O) groups is 6. The summed E-state index contributed by atoms with van der Waals surface area (Å²) in [6.45, 7) is 11.8. The molecule has 0 heterocycles. The molecule has 0 aliphatic carbocycles. The van der Waals surface area contributed by atoms with Crippen molar-refractivity contribution in [3.05, 3.63) is 35.9 Å². The molecule has 42 heavy (non-hydrogen) atoms. The van der Waals surface area contributed by atoms with Crippen molar-refractivity contribution in [1.82, 2.24) is 21.3 Å². The van der Waals surface area contributed by atoms with Crippen LogP contribution in [0.25, 0.3) is 0 Å². The molecule has 1 rings (SSSR count). The van der Waals surface area contributed by atoms with Crippen molar-refractivity contribution >= 4 is 35.9 Å². The summed E-state index contributed by atoms with van der Waals surface area (Å²) in [5.41, 5.74) is -0.447. The highest BCUT2D eigenvalue weighted by Crippen LogP contribution is 2.09. The number of rotatable bonds is 12. The summed E-state index contributed by atoms with van der Waals surface area (Å²) < 4.78 is 10.2. The summed E-state index contributed by atoms with van der Waals surface area (Å²) in [4.78, 5) is 67.8. The fourth-order valence-corrected chi connectivity index (χ4v) is 2.92. The molecule has 6 N–H and O–H groups in total. The Labute approximate surface area is 245 Å². The lowest BCUT2D eigenvalue weighted by Crippen LogP contribution is -2.49. The Balaban J connectivity index is 0.000000837. The van der Waals surface area contributed by atoms with Gasteiger partial charge in [-0.3, -0.25) is 19.2 Å². The molecule has 0 fully saturated rings. The number of hydrogen-bond acceptors (Lipinski definition) is 8. The molecule has 0 aromatic heterocycles. The number of carbonyl (C=O) groups excluding carboxylic acids is 4. The minimum atomic E-state index is -1.00. The summed E-state index contributed by atoms with van der Waals surface area (Å²) in [5.74, 6) is -2.91. The molecule has 1 aromatic rings. The van der Waals surface area contributed by atoms with Gasteiger partial charge >= 0.3 is 24.1 Å². The third-order valence-corrected chi connectivity index (χ3v) is 4.69. The van der Waals surface area contributed by atoms with E-state index in [4.69, 9.17) is 19.7 Å². The van der Waals surface area contributed by atoms with Gasteiger partial charge in [0.2, 0.25) is 11.8 Å². The van der Waals surface area contributed by atoms with Gasteiger partial charge in [0.25, 0.3) is 0 Å². The van der Waals surface area contributed by atoms with Crippen molar-refractivity contribution in [3.63, 3.8) is 0 Å². The molecule has 0 aliphatic rings. The van der Waals surface area contributed by atoms with Gasteiger partial charge in [-0.05, 0) is 54.0 Å². The van der Waals surface area contributed by atoms with Crippen molar-refractivity contribution in [2.45, 2.75) is 91.0 Å². The van der Waals surface area contributed by atoms with Gasteiger partial charge in [0.15, 0.2) is 0 Å². The average molecular weight is 597 g/mol. The highest BCUT2D eigenvalue weighted by atomic mass is 16.6. The van der Waals surface area contributed by atoms with E-state index in [-0.39, 0.29) is 32.4 Å². The predicted octanol–water partition coefficient (Wildman–Crippen LogP) is 2.20. The van der Waals surface area contributed by atoms with Gasteiger partial charge in [0.1, 0.15) is 23.3 Å². The topological polar surface area (TPSA) is 209 Å². The van der Waals surface area contributed by atoms with Crippen LogP contribution in [-0.4, -0.2) is 82.5 Å². The Morgan fingerprint density at radius 1 is 0.714 bits per heavy atom. The van der Waals surface area contributed by atoms with Gasteiger partial charge in [0.05, 0.1) is 12.8 Å². The Morgan fingerprint density at radius 3 is 1.57 bits per heavy atom. The quantitative estimate of drug-likeness (QED) is 0.207. The van der Waals surface area contributed by atoms with Gasteiger partial charge in [-0.2, -0.15) is 0 Å². The van der Waals surface area contributed by atoms with Crippen LogP contribution >= 0.6 is 0 Å². The Bertz CT molecular complexity index is 1050. The summed E-state index contributed by atoms with van der Waals surface area (Å²) in [6, 6.07) is 7.57. The summed E-state index contributed by atoms with van der Waals surface area (Å²) >= 11 is 0. The second kappa shape index (κ2) is 18.1. The third kappa shape index (κ3) is 20.5. The number of hydrogen-bond donors (Lipinski definition) is 6. The zero-order valence-corrected chi connectivity index (χ0v) is 25.2. The molecule has 0 bridgehead atoms. The lowest BCUT2D eigenvalue weighted by atomic mass is 10.1. The molecular formula is C28H44N4O10. The van der Waals surface area contributed by atoms with Crippen LogP contribution in [0.2, 0.25) is 0 Å². The standard InChI is InChI=1S/C17H24N2O5.C11H20N2O5/c1-17(2,3)24-16(23)19-13(11-12-7-5-4-6-8-12)15(22)18-10-9-14(20)21;1-7(9(16)12-6-5-8(14)15)13-10(17)18-11(2,3)4/h4-8,13H,9-11H2,1-3H3,(H,18,22)(H,19,23)(H,20,21);7H,5-6H2,1-4H3,(H,12,16)(H,13,17)(H,14,15)/t13-;7-/m00/s1. The second-order valence-electron chi connectivity index (χ2n) is 11.1. The van der Waals surface area contributed by atoms with E-state index in [0.29, 0.717) is 0 Å². The second-order valence-corrected chi connectivity index (χ2v) is 11.1. The van der Waals surface area contributed by atoms with E-state index < -0.39 is 59.2 Å². The summed E-state index contributed by atoms with van der Waals surface area (Å²) in [5, 5.41) is 26.8. The molecule has 0 radical (unpaired) electrons. The largest absolute Gasteiger partial charge is 0.481 e. The maximum atomic E-state index is 12.3. The number of aliphatic carboxylic acids is 2. The maximum absolute atomic E-state index is 12.3. The van der Waals surface area contributed by atoms with Crippen LogP contribution in [0.15, 0.2) is 30.3 Å². The van der Waals surface area contributed by atoms with E-state index in [1.54, 1.807) is 41.5 Å². The summed E-state index contributed by atoms with van der Waals surface area (Å²) in [7, 11) is 0. The molecule has 0 spiro atoms. The first kappa shape index (κ1) is 37.6. The van der Waals surface area contributed by atoms with Crippen LogP contribution in [0, 0.1) is 0 Å². The van der Waals surface area contributed by atoms with Crippen molar-refractivity contribution in [3.8, 4) is 0 Å². The van der Waals surface area contributed by atoms with Crippen LogP contribution in [0.4, 0.5) is 9.59 Å². The van der Waals surface area contributed by atoms with E-state index in [9.17, 15) is 28.8 Å². The third-order valence-electron chi connectivity index (χ3n) is 4.69. The molecule has 0 aliphatic heterocycles. The van der Waals surface area contributed by atoms with Crippen LogP contribution < -0.4 is 21.3 Å². The normalized spacial score (nSPS) is 12.3. The molecule has 0 saturated heterocycles. The number of carboxylic acids is 2. The zero-order chi connectivity index (χ0) is 32.5. The van der Waals surface area contributed by atoms with Gasteiger partial charge in [-0.25, -0.2) is 9.59 Å². The minimum absolute atomic E-state index is 0.00451. The van der Waals surface area contributed by atoms with Gasteiger partial charge in [-0.1, -0.05) is 30.3 Å². The summed E-state index contributed by atoms with van der Waals surface area (Å²) in [6.07, 6.45) is -1.46. The van der Waals surface area contributed by atoms with Gasteiger partial charge in [0, 0.05) is 19.5 Å². The smallest absolute Gasteiger partial charge is 0.408 e. The fourth-order valence-electron chi connectivity index (χ4n) is 2.92. The van der Waals surface area contributed by atoms with Gasteiger partial charge < -0.3 is 41.0 Å². The number of amides is 4. The van der Waals surface area contributed by atoms with Crippen LogP contribution in [0.5, 0.6) is 0 Å². The number of alkyl carbamates (subject to hydrolysis) is 2. The van der Waals surface area contributed by atoms with E-state index in [2.05, 4.69) is 21.3 Å². The van der Waals surface area contributed by atoms with Crippen molar-refractivity contribution < 1.29 is 48.5 Å². The van der Waals surface area contributed by atoms with Crippen LogP contribution in [-0.2, 0) is 35.1 Å². The zero-order valence-electron chi connectivity index (χ0n) is 25.2. The highest BCUT2D eigenvalue weighted by Gasteiger charge is 2.25. The van der Waals surface area contributed by atoms with Crippen molar-refractivity contribution in [1.29, 1.82) is 0 Å². The molecule has 0 saturated carbocycles. The van der Waals surface area contributed by atoms with Crippen molar-refractivity contribution in [2.24, 2.45) is 0 Å². The molecular weight excluding hydrogens is 552 g/mol. The van der Waals surface area contributed by atoms with E-state index in [1.807, 2.05) is 30.3 Å². The molecule has 2 atom stereocenters. The molecule has 0 unspecified atom stereocenters. The van der Waals surface area contributed by atoms with Gasteiger partial charge in [-0.15, -0.1) is 0 Å². The lowest BCUT2D eigenvalue weighted by Gasteiger charge is -2.23.